The summed E-state index contributed by atoms with van der Waals surface area (Å²) in [4.78, 5) is 28.2. The van der Waals surface area contributed by atoms with Crippen molar-refractivity contribution in [3.63, 3.8) is 0 Å². The number of benzene rings is 3. The molecule has 38 heavy (non-hydrogen) atoms. The topological polar surface area (TPSA) is 86.8 Å². The standard InChI is InChI=1S/C28H31Cl2N3O4S/c1-19(2)31-28(35)21(4)32(17-22-10-6-7-11-25(22)30)27(34)18-33(26-12-8-5-9-20(26)3)38(36,37)24-15-13-23(29)14-16-24/h5-16,19,21H,17-18H2,1-4H3,(H,31,35). The first-order valence-electron chi connectivity index (χ1n) is 12.1. The largest absolute Gasteiger partial charge is 0.352 e. The second-order valence-electron chi connectivity index (χ2n) is 9.20. The third-order valence-electron chi connectivity index (χ3n) is 5.96. The van der Waals surface area contributed by atoms with Crippen LogP contribution in [-0.4, -0.2) is 43.8 Å². The van der Waals surface area contributed by atoms with Gasteiger partial charge in [-0.25, -0.2) is 8.42 Å². The van der Waals surface area contributed by atoms with Crippen molar-refractivity contribution in [2.45, 2.75) is 51.2 Å². The molecule has 0 aliphatic rings. The second kappa shape index (κ2) is 12.7. The number of hydrogen-bond acceptors (Lipinski definition) is 4. The number of amides is 2. The molecular formula is C28H31Cl2N3O4S. The molecule has 0 aliphatic heterocycles. The molecule has 0 bridgehead atoms. The van der Waals surface area contributed by atoms with Gasteiger partial charge in [0.05, 0.1) is 10.6 Å². The number of nitrogens with zero attached hydrogens (tertiary/aromatic N) is 2. The molecule has 0 heterocycles. The lowest BCUT2D eigenvalue weighted by Crippen LogP contribution is -2.52. The highest BCUT2D eigenvalue weighted by Gasteiger charge is 2.33. The fraction of sp³-hybridized carbons (Fsp3) is 0.286. The molecule has 1 atom stereocenters. The van der Waals surface area contributed by atoms with E-state index in [1.165, 1.54) is 29.2 Å². The number of nitrogens with one attached hydrogen (secondary N) is 1. The van der Waals surface area contributed by atoms with Crippen molar-refractivity contribution in [3.05, 3.63) is 94.0 Å². The van der Waals surface area contributed by atoms with Gasteiger partial charge in [-0.1, -0.05) is 59.6 Å². The van der Waals surface area contributed by atoms with Crippen molar-refractivity contribution in [1.82, 2.24) is 10.2 Å². The maximum absolute atomic E-state index is 13.9. The van der Waals surface area contributed by atoms with Crippen LogP contribution in [0.4, 0.5) is 5.69 Å². The number of hydrogen-bond donors (Lipinski definition) is 1. The van der Waals surface area contributed by atoms with Gasteiger partial charge in [0.2, 0.25) is 11.8 Å². The Kier molecular flexibility index (Phi) is 9.82. The summed E-state index contributed by atoms with van der Waals surface area (Å²) < 4.78 is 28.7. The van der Waals surface area contributed by atoms with E-state index < -0.39 is 28.5 Å². The fourth-order valence-electron chi connectivity index (χ4n) is 3.89. The van der Waals surface area contributed by atoms with Crippen molar-refractivity contribution in [2.75, 3.05) is 10.8 Å². The summed E-state index contributed by atoms with van der Waals surface area (Å²) >= 11 is 12.4. The Morgan fingerprint density at radius 1 is 0.895 bits per heavy atom. The van der Waals surface area contributed by atoms with Gasteiger partial charge in [-0.15, -0.1) is 0 Å². The van der Waals surface area contributed by atoms with Crippen LogP contribution < -0.4 is 9.62 Å². The number of aryl methyl sites for hydroxylation is 1. The molecule has 3 aromatic rings. The van der Waals surface area contributed by atoms with Crippen molar-refractivity contribution in [3.8, 4) is 0 Å². The van der Waals surface area contributed by atoms with Crippen LogP contribution in [0.15, 0.2) is 77.7 Å². The molecule has 10 heteroatoms. The quantitative estimate of drug-likeness (QED) is 0.348. The van der Waals surface area contributed by atoms with Gasteiger partial charge in [-0.2, -0.15) is 0 Å². The van der Waals surface area contributed by atoms with Gasteiger partial charge in [0.1, 0.15) is 12.6 Å². The van der Waals surface area contributed by atoms with E-state index in [1.807, 2.05) is 13.8 Å². The molecule has 0 spiro atoms. The molecule has 0 saturated carbocycles. The number of sulfonamides is 1. The average molecular weight is 577 g/mol. The second-order valence-corrected chi connectivity index (χ2v) is 11.9. The molecule has 1 unspecified atom stereocenters. The minimum Gasteiger partial charge on any atom is -0.352 e. The SMILES string of the molecule is Cc1ccccc1N(CC(=O)N(Cc1ccccc1Cl)C(C)C(=O)NC(C)C)S(=O)(=O)c1ccc(Cl)cc1. The molecule has 2 amide bonds. The predicted molar refractivity (Wildman–Crippen MR) is 152 cm³/mol. The van der Waals surface area contributed by atoms with Crippen molar-refractivity contribution in [1.29, 1.82) is 0 Å². The van der Waals surface area contributed by atoms with E-state index in [2.05, 4.69) is 5.32 Å². The minimum atomic E-state index is -4.17. The van der Waals surface area contributed by atoms with Gasteiger partial charge in [-0.05, 0) is 75.2 Å². The van der Waals surface area contributed by atoms with Crippen LogP contribution in [0, 0.1) is 6.92 Å². The molecule has 7 nitrogen and oxygen atoms in total. The van der Waals surface area contributed by atoms with E-state index in [1.54, 1.807) is 62.4 Å². The van der Waals surface area contributed by atoms with E-state index in [9.17, 15) is 18.0 Å². The Balaban J connectivity index is 2.06. The number of para-hydroxylation sites is 1. The highest BCUT2D eigenvalue weighted by atomic mass is 35.5. The monoisotopic (exact) mass is 575 g/mol. The van der Waals surface area contributed by atoms with Gasteiger partial charge < -0.3 is 10.2 Å². The van der Waals surface area contributed by atoms with Crippen LogP contribution in [-0.2, 0) is 26.2 Å². The Morgan fingerprint density at radius 3 is 2.11 bits per heavy atom. The molecule has 202 valence electrons. The summed E-state index contributed by atoms with van der Waals surface area (Å²) in [5.74, 6) is -0.916. The molecule has 0 aliphatic carbocycles. The first kappa shape index (κ1) is 29.5. The molecule has 0 saturated heterocycles. The third kappa shape index (κ3) is 7.07. The van der Waals surface area contributed by atoms with Gasteiger partial charge in [0.25, 0.3) is 10.0 Å². The highest BCUT2D eigenvalue weighted by molar-refractivity contribution is 7.92. The smallest absolute Gasteiger partial charge is 0.264 e. The lowest BCUT2D eigenvalue weighted by molar-refractivity contribution is -0.139. The Hall–Kier alpha value is -3.07. The normalized spacial score (nSPS) is 12.2. The first-order valence-corrected chi connectivity index (χ1v) is 14.3. The van der Waals surface area contributed by atoms with Gasteiger partial charge in [-0.3, -0.25) is 13.9 Å². The number of anilines is 1. The highest BCUT2D eigenvalue weighted by Crippen LogP contribution is 2.28. The Morgan fingerprint density at radius 2 is 1.50 bits per heavy atom. The first-order chi connectivity index (χ1) is 17.9. The predicted octanol–water partition coefficient (Wildman–Crippen LogP) is 5.44. The zero-order chi connectivity index (χ0) is 28.0. The molecule has 1 N–H and O–H groups in total. The molecule has 3 rings (SSSR count). The van der Waals surface area contributed by atoms with Crippen LogP contribution in [0.1, 0.15) is 31.9 Å². The third-order valence-corrected chi connectivity index (χ3v) is 8.36. The van der Waals surface area contributed by atoms with Crippen molar-refractivity contribution in [2.24, 2.45) is 0 Å². The summed E-state index contributed by atoms with van der Waals surface area (Å²) in [6.45, 7) is 6.52. The number of carbonyl (C=O) groups is 2. The zero-order valence-corrected chi connectivity index (χ0v) is 24.0. The summed E-state index contributed by atoms with van der Waals surface area (Å²) in [7, 11) is -4.17. The molecule has 0 fully saturated rings. The van der Waals surface area contributed by atoms with Crippen LogP contribution >= 0.6 is 23.2 Å². The van der Waals surface area contributed by atoms with E-state index in [4.69, 9.17) is 23.2 Å². The van der Waals surface area contributed by atoms with Gasteiger partial charge >= 0.3 is 0 Å². The number of halogens is 2. The van der Waals surface area contributed by atoms with Gasteiger partial charge in [0, 0.05) is 22.6 Å². The van der Waals surface area contributed by atoms with E-state index in [0.29, 0.717) is 26.9 Å². The van der Waals surface area contributed by atoms with Crippen LogP contribution in [0.3, 0.4) is 0 Å². The van der Waals surface area contributed by atoms with Crippen molar-refractivity contribution >= 4 is 50.7 Å². The van der Waals surface area contributed by atoms with Crippen LogP contribution in [0.5, 0.6) is 0 Å². The lowest BCUT2D eigenvalue weighted by Gasteiger charge is -2.33. The van der Waals surface area contributed by atoms with E-state index in [-0.39, 0.29) is 23.4 Å². The van der Waals surface area contributed by atoms with Crippen LogP contribution in [0.2, 0.25) is 10.0 Å². The summed E-state index contributed by atoms with van der Waals surface area (Å²) in [5, 5.41) is 3.65. The minimum absolute atomic E-state index is 0.0128. The average Bonchev–Trinajstić information content (AvgIpc) is 2.86. The maximum Gasteiger partial charge on any atom is 0.264 e. The molecule has 0 radical (unpaired) electrons. The Bertz CT molecular complexity index is 1400. The van der Waals surface area contributed by atoms with E-state index >= 15 is 0 Å². The zero-order valence-electron chi connectivity index (χ0n) is 21.7. The number of rotatable bonds is 10. The van der Waals surface area contributed by atoms with Gasteiger partial charge in [0.15, 0.2) is 0 Å². The van der Waals surface area contributed by atoms with Crippen LogP contribution in [0.25, 0.3) is 0 Å². The fourth-order valence-corrected chi connectivity index (χ4v) is 5.69. The Labute approximate surface area is 234 Å². The maximum atomic E-state index is 13.9. The molecule has 0 aromatic heterocycles. The molecule has 3 aromatic carbocycles. The summed E-state index contributed by atoms with van der Waals surface area (Å²) in [6, 6.07) is 18.6. The lowest BCUT2D eigenvalue weighted by atomic mass is 10.1. The van der Waals surface area contributed by atoms with Crippen molar-refractivity contribution < 1.29 is 18.0 Å². The van der Waals surface area contributed by atoms with E-state index in [0.717, 1.165) is 4.31 Å². The molecular weight excluding hydrogens is 545 g/mol. The number of carbonyl (C=O) groups excluding carboxylic acids is 2. The summed E-state index contributed by atoms with van der Waals surface area (Å²) in [6.07, 6.45) is 0. The summed E-state index contributed by atoms with van der Waals surface area (Å²) in [5.41, 5.74) is 1.66.